The first-order chi connectivity index (χ1) is 9.65. The zero-order valence-corrected chi connectivity index (χ0v) is 11.9. The molecule has 1 N–H and O–H groups in total. The first-order valence-corrected chi connectivity index (χ1v) is 6.49. The fraction of sp³-hybridized carbons (Fsp3) is 0.308. The molecule has 0 bridgehead atoms. The summed E-state index contributed by atoms with van der Waals surface area (Å²) >= 11 is 5.92. The van der Waals surface area contributed by atoms with Crippen molar-refractivity contribution < 1.29 is 14.2 Å². The van der Waals surface area contributed by atoms with E-state index < -0.39 is 0 Å². The summed E-state index contributed by atoms with van der Waals surface area (Å²) in [5.74, 6) is 0.449. The van der Waals surface area contributed by atoms with Gasteiger partial charge in [-0.3, -0.25) is 4.79 Å². The third-order valence-corrected chi connectivity index (χ3v) is 3.00. The highest BCUT2D eigenvalue weighted by molar-refractivity contribution is 6.32. The maximum atomic E-state index is 12.1. The number of amides is 1. The maximum Gasteiger partial charge on any atom is 0.257 e. The number of anilines is 1. The Balaban J connectivity index is 2.17. The molecule has 0 atom stereocenters. The van der Waals surface area contributed by atoms with Crippen LogP contribution in [0.5, 0.6) is 5.75 Å². The van der Waals surface area contributed by atoms with Crippen LogP contribution >= 0.6 is 11.6 Å². The van der Waals surface area contributed by atoms with E-state index in [1.807, 2.05) is 6.92 Å². The fourth-order valence-corrected chi connectivity index (χ4v) is 1.88. The summed E-state index contributed by atoms with van der Waals surface area (Å²) in [7, 11) is 1.49. The molecule has 0 unspecified atom stereocenters. The molecular weight excluding hydrogens is 282 g/mol. The normalized spacial score (nSPS) is 10.3. The number of methoxy groups -OCH3 is 1. The largest absolute Gasteiger partial charge is 0.495 e. The van der Waals surface area contributed by atoms with Gasteiger partial charge in [0.05, 0.1) is 12.1 Å². The van der Waals surface area contributed by atoms with E-state index in [1.54, 1.807) is 18.2 Å². The summed E-state index contributed by atoms with van der Waals surface area (Å²) < 4.78 is 9.71. The standard InChI is InChI=1S/C13H14ClN3O3/c1-3-4-10-12(17-20-16-10)15-13(18)8-5-6-9(14)11(7-8)19-2/h5-7H,3-4H2,1-2H3,(H,15,17,18). The van der Waals surface area contributed by atoms with Crippen LogP contribution in [0.1, 0.15) is 29.4 Å². The second kappa shape index (κ2) is 6.38. The van der Waals surface area contributed by atoms with Crippen LogP contribution in [0.15, 0.2) is 22.8 Å². The van der Waals surface area contributed by atoms with Gasteiger partial charge in [0.1, 0.15) is 11.4 Å². The lowest BCUT2D eigenvalue weighted by Crippen LogP contribution is -2.13. The molecule has 1 aromatic heterocycles. The quantitative estimate of drug-likeness (QED) is 0.917. The zero-order chi connectivity index (χ0) is 14.5. The Labute approximate surface area is 121 Å². The van der Waals surface area contributed by atoms with E-state index in [1.165, 1.54) is 7.11 Å². The molecule has 7 heteroatoms. The molecule has 1 aromatic carbocycles. The summed E-state index contributed by atoms with van der Waals surface area (Å²) in [6, 6.07) is 4.77. The molecular formula is C13H14ClN3O3. The first-order valence-electron chi connectivity index (χ1n) is 6.12. The van der Waals surface area contributed by atoms with E-state index in [0.29, 0.717) is 34.3 Å². The van der Waals surface area contributed by atoms with E-state index >= 15 is 0 Å². The Hall–Kier alpha value is -2.08. The Morgan fingerprint density at radius 2 is 2.25 bits per heavy atom. The molecule has 0 aliphatic rings. The molecule has 0 saturated carbocycles. The smallest absolute Gasteiger partial charge is 0.257 e. The molecule has 0 aliphatic carbocycles. The molecule has 0 spiro atoms. The van der Waals surface area contributed by atoms with Crippen LogP contribution in [-0.2, 0) is 6.42 Å². The average Bonchev–Trinajstić information content (AvgIpc) is 2.87. The van der Waals surface area contributed by atoms with E-state index in [0.717, 1.165) is 6.42 Å². The van der Waals surface area contributed by atoms with Gasteiger partial charge in [0.25, 0.3) is 5.91 Å². The molecule has 20 heavy (non-hydrogen) atoms. The number of ether oxygens (including phenoxy) is 1. The van der Waals surface area contributed by atoms with Crippen LogP contribution in [0, 0.1) is 0 Å². The van der Waals surface area contributed by atoms with Crippen molar-refractivity contribution in [3.63, 3.8) is 0 Å². The Bertz CT molecular complexity index is 613. The summed E-state index contributed by atoms with van der Waals surface area (Å²) in [5.41, 5.74) is 1.04. The lowest BCUT2D eigenvalue weighted by Gasteiger charge is -2.06. The van der Waals surface area contributed by atoms with Crippen LogP contribution in [0.4, 0.5) is 5.82 Å². The highest BCUT2D eigenvalue weighted by Crippen LogP contribution is 2.25. The SMILES string of the molecule is CCCc1nonc1NC(=O)c1ccc(Cl)c(OC)c1. The average molecular weight is 296 g/mol. The Morgan fingerprint density at radius 3 is 2.95 bits per heavy atom. The number of hydrogen-bond acceptors (Lipinski definition) is 5. The van der Waals surface area contributed by atoms with Gasteiger partial charge in [0.2, 0.25) is 5.82 Å². The molecule has 2 aromatic rings. The van der Waals surface area contributed by atoms with Gasteiger partial charge in [0.15, 0.2) is 0 Å². The predicted octanol–water partition coefficient (Wildman–Crippen LogP) is 2.94. The van der Waals surface area contributed by atoms with Crippen molar-refractivity contribution in [1.29, 1.82) is 0 Å². The lowest BCUT2D eigenvalue weighted by atomic mass is 10.2. The predicted molar refractivity (Wildman–Crippen MR) is 74.3 cm³/mol. The highest BCUT2D eigenvalue weighted by atomic mass is 35.5. The molecule has 106 valence electrons. The minimum atomic E-state index is -0.326. The second-order valence-corrected chi connectivity index (χ2v) is 4.52. The number of carbonyl (C=O) groups excluding carboxylic acids is 1. The van der Waals surface area contributed by atoms with Gasteiger partial charge in [-0.2, -0.15) is 0 Å². The van der Waals surface area contributed by atoms with Gasteiger partial charge in [-0.1, -0.05) is 30.1 Å². The molecule has 1 heterocycles. The number of nitrogens with one attached hydrogen (secondary N) is 1. The van der Waals surface area contributed by atoms with Gasteiger partial charge in [-0.15, -0.1) is 0 Å². The fourth-order valence-electron chi connectivity index (χ4n) is 1.68. The van der Waals surface area contributed by atoms with Crippen molar-refractivity contribution in [3.05, 3.63) is 34.5 Å². The molecule has 0 radical (unpaired) electrons. The van der Waals surface area contributed by atoms with E-state index in [-0.39, 0.29) is 5.91 Å². The van der Waals surface area contributed by atoms with Crippen molar-refractivity contribution in [3.8, 4) is 5.75 Å². The third-order valence-electron chi connectivity index (χ3n) is 2.69. The van der Waals surface area contributed by atoms with Crippen LogP contribution in [-0.4, -0.2) is 23.3 Å². The summed E-state index contributed by atoms with van der Waals surface area (Å²) in [5, 5.41) is 10.5. The molecule has 0 saturated heterocycles. The monoisotopic (exact) mass is 295 g/mol. The number of rotatable bonds is 5. The number of hydrogen-bond donors (Lipinski definition) is 1. The summed E-state index contributed by atoms with van der Waals surface area (Å²) in [6.07, 6.45) is 1.56. The lowest BCUT2D eigenvalue weighted by molar-refractivity contribution is 0.102. The van der Waals surface area contributed by atoms with Gasteiger partial charge in [-0.25, -0.2) is 4.63 Å². The minimum Gasteiger partial charge on any atom is -0.495 e. The number of carbonyl (C=O) groups is 1. The van der Waals surface area contributed by atoms with Crippen LogP contribution < -0.4 is 10.1 Å². The zero-order valence-electron chi connectivity index (χ0n) is 11.1. The molecule has 2 rings (SSSR count). The van der Waals surface area contributed by atoms with Crippen molar-refractivity contribution in [2.45, 2.75) is 19.8 Å². The highest BCUT2D eigenvalue weighted by Gasteiger charge is 2.15. The van der Waals surface area contributed by atoms with Crippen LogP contribution in [0.25, 0.3) is 0 Å². The molecule has 6 nitrogen and oxygen atoms in total. The number of benzene rings is 1. The van der Waals surface area contributed by atoms with Crippen LogP contribution in [0.3, 0.4) is 0 Å². The van der Waals surface area contributed by atoms with Crippen LogP contribution in [0.2, 0.25) is 5.02 Å². The topological polar surface area (TPSA) is 77.3 Å². The molecule has 0 aliphatic heterocycles. The first kappa shape index (κ1) is 14.3. The van der Waals surface area contributed by atoms with Gasteiger partial charge in [0, 0.05) is 5.56 Å². The number of halogens is 1. The van der Waals surface area contributed by atoms with E-state index in [9.17, 15) is 4.79 Å². The number of aryl methyl sites for hydroxylation is 1. The van der Waals surface area contributed by atoms with E-state index in [4.69, 9.17) is 16.3 Å². The van der Waals surface area contributed by atoms with Gasteiger partial charge >= 0.3 is 0 Å². The maximum absolute atomic E-state index is 12.1. The van der Waals surface area contributed by atoms with Crippen molar-refractivity contribution in [2.24, 2.45) is 0 Å². The second-order valence-electron chi connectivity index (χ2n) is 4.11. The summed E-state index contributed by atoms with van der Waals surface area (Å²) in [6.45, 7) is 2.00. The van der Waals surface area contributed by atoms with Gasteiger partial charge < -0.3 is 10.1 Å². The Kier molecular flexibility index (Phi) is 4.57. The third kappa shape index (κ3) is 3.08. The number of nitrogens with zero attached hydrogens (tertiary/aromatic N) is 2. The Morgan fingerprint density at radius 1 is 1.45 bits per heavy atom. The number of aromatic nitrogens is 2. The van der Waals surface area contributed by atoms with Crippen molar-refractivity contribution in [1.82, 2.24) is 10.3 Å². The molecule has 1 amide bonds. The van der Waals surface area contributed by atoms with Crippen molar-refractivity contribution >= 4 is 23.3 Å². The summed E-state index contributed by atoms with van der Waals surface area (Å²) in [4.78, 5) is 12.1. The van der Waals surface area contributed by atoms with Crippen molar-refractivity contribution in [2.75, 3.05) is 12.4 Å². The van der Waals surface area contributed by atoms with Gasteiger partial charge in [-0.05, 0) is 29.8 Å². The van der Waals surface area contributed by atoms with E-state index in [2.05, 4.69) is 20.3 Å². The molecule has 0 fully saturated rings. The minimum absolute atomic E-state index is 0.326.